The topological polar surface area (TPSA) is 94.5 Å². The molecule has 0 saturated carbocycles. The van der Waals surface area contributed by atoms with E-state index in [4.69, 9.17) is 15.0 Å². The second-order valence-corrected chi connectivity index (χ2v) is 5.42. The molecule has 1 aliphatic heterocycles. The lowest BCUT2D eigenvalue weighted by Crippen LogP contribution is -2.23. The Morgan fingerprint density at radius 2 is 2.39 bits per heavy atom. The molecule has 2 aromatic rings. The van der Waals surface area contributed by atoms with Crippen LogP contribution in [0.1, 0.15) is 41.0 Å². The van der Waals surface area contributed by atoms with Crippen LogP contribution in [-0.4, -0.2) is 34.6 Å². The number of nitrogens with zero attached hydrogens (tertiary/aromatic N) is 3. The minimum atomic E-state index is -0.721. The summed E-state index contributed by atoms with van der Waals surface area (Å²) in [6.07, 6.45) is 1.79. The lowest BCUT2D eigenvalue weighted by Gasteiger charge is -2.21. The highest BCUT2D eigenvalue weighted by molar-refractivity contribution is 5.88. The number of rotatable bonds is 5. The Morgan fingerprint density at radius 1 is 1.57 bits per heavy atom. The van der Waals surface area contributed by atoms with Gasteiger partial charge in [-0.25, -0.2) is 4.39 Å². The normalized spacial score (nSPS) is 18.3. The first kappa shape index (κ1) is 15.4. The first-order valence-electron chi connectivity index (χ1n) is 7.28. The highest BCUT2D eigenvalue weighted by Crippen LogP contribution is 2.32. The summed E-state index contributed by atoms with van der Waals surface area (Å²) < 4.78 is 23.9. The number of benzene rings is 1. The summed E-state index contributed by atoms with van der Waals surface area (Å²) in [5, 5.41) is 3.57. The van der Waals surface area contributed by atoms with Crippen LogP contribution in [0.15, 0.2) is 22.7 Å². The minimum Gasteiger partial charge on any atom is -0.494 e. The van der Waals surface area contributed by atoms with E-state index in [0.717, 1.165) is 24.9 Å². The summed E-state index contributed by atoms with van der Waals surface area (Å²) in [5.41, 5.74) is 5.96. The van der Waals surface area contributed by atoms with Crippen molar-refractivity contribution in [3.8, 4) is 5.75 Å². The second kappa shape index (κ2) is 6.33. The Bertz CT molecular complexity index is 718. The molecule has 0 aliphatic carbocycles. The number of halogens is 1. The van der Waals surface area contributed by atoms with Crippen molar-refractivity contribution in [2.24, 2.45) is 5.73 Å². The van der Waals surface area contributed by atoms with E-state index in [2.05, 4.69) is 15.0 Å². The quantitative estimate of drug-likeness (QED) is 0.900. The van der Waals surface area contributed by atoms with Crippen molar-refractivity contribution in [3.05, 3.63) is 41.3 Å². The first-order valence-corrected chi connectivity index (χ1v) is 7.28. The van der Waals surface area contributed by atoms with Gasteiger partial charge in [0.1, 0.15) is 0 Å². The number of hydrogen-bond acceptors (Lipinski definition) is 6. The average Bonchev–Trinajstić information content (AvgIpc) is 3.16. The molecule has 1 atom stereocenters. The molecular weight excluding hydrogens is 303 g/mol. The number of methoxy groups -OCH3 is 1. The van der Waals surface area contributed by atoms with E-state index in [1.54, 1.807) is 6.07 Å². The fourth-order valence-corrected chi connectivity index (χ4v) is 2.81. The van der Waals surface area contributed by atoms with Crippen LogP contribution in [0.4, 0.5) is 4.39 Å². The van der Waals surface area contributed by atoms with Gasteiger partial charge in [0.15, 0.2) is 11.6 Å². The summed E-state index contributed by atoms with van der Waals surface area (Å²) in [4.78, 5) is 17.2. The van der Waals surface area contributed by atoms with Gasteiger partial charge in [-0.15, -0.1) is 0 Å². The molecule has 2 N–H and O–H groups in total. The number of aromatic nitrogens is 2. The van der Waals surface area contributed by atoms with Crippen LogP contribution in [0.5, 0.6) is 5.75 Å². The van der Waals surface area contributed by atoms with Gasteiger partial charge in [0.05, 0.1) is 13.2 Å². The number of carbonyl (C=O) groups excluding carboxylic acids is 1. The molecule has 2 heterocycles. The summed E-state index contributed by atoms with van der Waals surface area (Å²) in [5.74, 6) is -0.654. The number of ether oxygens (including phenoxy) is 1. The van der Waals surface area contributed by atoms with Gasteiger partial charge >= 0.3 is 0 Å². The van der Waals surface area contributed by atoms with Crippen LogP contribution in [0.3, 0.4) is 0 Å². The van der Waals surface area contributed by atoms with E-state index in [1.165, 1.54) is 13.2 Å². The van der Waals surface area contributed by atoms with Gasteiger partial charge in [-0.2, -0.15) is 4.98 Å². The van der Waals surface area contributed by atoms with Crippen LogP contribution in [0.2, 0.25) is 0 Å². The van der Waals surface area contributed by atoms with Gasteiger partial charge in [0, 0.05) is 6.54 Å². The molecule has 0 spiro atoms. The Morgan fingerprint density at radius 3 is 3.04 bits per heavy atom. The molecule has 0 unspecified atom stereocenters. The molecule has 1 aromatic heterocycles. The summed E-state index contributed by atoms with van der Waals surface area (Å²) in [6, 6.07) is 4.78. The SMILES string of the molecule is COc1ccc(CN2CCC[C@@H]2c2nc(C(N)=O)no2)cc1F. The molecule has 7 nitrogen and oxygen atoms in total. The molecule has 122 valence electrons. The third-order valence-electron chi connectivity index (χ3n) is 3.91. The summed E-state index contributed by atoms with van der Waals surface area (Å²) >= 11 is 0. The van der Waals surface area contributed by atoms with Crippen LogP contribution in [-0.2, 0) is 6.54 Å². The smallest absolute Gasteiger partial charge is 0.290 e. The van der Waals surface area contributed by atoms with Gasteiger partial charge in [-0.3, -0.25) is 9.69 Å². The lowest BCUT2D eigenvalue weighted by molar-refractivity contribution is 0.0987. The van der Waals surface area contributed by atoms with Crippen LogP contribution in [0.25, 0.3) is 0 Å². The Hall–Kier alpha value is -2.48. The Labute approximate surface area is 132 Å². The lowest BCUT2D eigenvalue weighted by atomic mass is 10.1. The van der Waals surface area contributed by atoms with E-state index in [1.807, 2.05) is 6.07 Å². The first-order chi connectivity index (χ1) is 11.1. The second-order valence-electron chi connectivity index (χ2n) is 5.42. The molecule has 1 aromatic carbocycles. The predicted octanol–water partition coefficient (Wildman–Crippen LogP) is 1.65. The molecule has 1 fully saturated rings. The van der Waals surface area contributed by atoms with Crippen LogP contribution < -0.4 is 10.5 Å². The van der Waals surface area contributed by atoms with Gasteiger partial charge < -0.3 is 15.0 Å². The number of hydrogen-bond donors (Lipinski definition) is 1. The monoisotopic (exact) mass is 320 g/mol. The van der Waals surface area contributed by atoms with Crippen LogP contribution >= 0.6 is 0 Å². The van der Waals surface area contributed by atoms with Gasteiger partial charge in [-0.1, -0.05) is 11.2 Å². The largest absolute Gasteiger partial charge is 0.494 e. The third-order valence-corrected chi connectivity index (χ3v) is 3.91. The van der Waals surface area contributed by atoms with E-state index in [0.29, 0.717) is 12.4 Å². The zero-order valence-corrected chi connectivity index (χ0v) is 12.7. The maximum absolute atomic E-state index is 13.8. The molecule has 1 saturated heterocycles. The van der Waals surface area contributed by atoms with E-state index >= 15 is 0 Å². The molecule has 0 radical (unpaired) electrons. The number of primary amides is 1. The van der Waals surface area contributed by atoms with Gasteiger partial charge in [0.2, 0.25) is 5.89 Å². The Kier molecular flexibility index (Phi) is 4.24. The predicted molar refractivity (Wildman–Crippen MR) is 78.2 cm³/mol. The fourth-order valence-electron chi connectivity index (χ4n) is 2.81. The van der Waals surface area contributed by atoms with E-state index in [9.17, 15) is 9.18 Å². The summed E-state index contributed by atoms with van der Waals surface area (Å²) in [7, 11) is 1.43. The van der Waals surface area contributed by atoms with Crippen molar-refractivity contribution < 1.29 is 18.4 Å². The molecular formula is C15H17FN4O3. The average molecular weight is 320 g/mol. The van der Waals surface area contributed by atoms with E-state index < -0.39 is 11.7 Å². The number of likely N-dealkylation sites (tertiary alicyclic amines) is 1. The maximum Gasteiger partial charge on any atom is 0.290 e. The third kappa shape index (κ3) is 3.16. The molecule has 23 heavy (non-hydrogen) atoms. The standard InChI is InChI=1S/C15H17FN4O3/c1-22-12-5-4-9(7-10(12)16)8-20-6-2-3-11(20)15-18-14(13(17)21)19-23-15/h4-5,7,11H,2-3,6,8H2,1H3,(H2,17,21)/t11-/m1/s1. The van der Waals surface area contributed by atoms with Crippen molar-refractivity contribution in [1.82, 2.24) is 15.0 Å². The van der Waals surface area contributed by atoms with Gasteiger partial charge in [-0.05, 0) is 37.1 Å². The van der Waals surface area contributed by atoms with Crippen molar-refractivity contribution in [2.75, 3.05) is 13.7 Å². The Balaban J connectivity index is 1.76. The van der Waals surface area contributed by atoms with Crippen molar-refractivity contribution in [2.45, 2.75) is 25.4 Å². The van der Waals surface area contributed by atoms with Crippen LogP contribution in [0, 0.1) is 5.82 Å². The van der Waals surface area contributed by atoms with E-state index in [-0.39, 0.29) is 17.6 Å². The highest BCUT2D eigenvalue weighted by Gasteiger charge is 2.31. The molecule has 0 bridgehead atoms. The summed E-state index contributed by atoms with van der Waals surface area (Å²) in [6.45, 7) is 1.37. The fraction of sp³-hybridized carbons (Fsp3) is 0.400. The minimum absolute atomic E-state index is 0.0965. The van der Waals surface area contributed by atoms with Gasteiger partial charge in [0.25, 0.3) is 11.7 Å². The molecule has 1 aliphatic rings. The molecule has 8 heteroatoms. The van der Waals surface area contributed by atoms with Crippen molar-refractivity contribution in [3.63, 3.8) is 0 Å². The van der Waals surface area contributed by atoms with Crippen molar-refractivity contribution in [1.29, 1.82) is 0 Å². The van der Waals surface area contributed by atoms with Crippen molar-refractivity contribution >= 4 is 5.91 Å². The maximum atomic E-state index is 13.8. The number of carbonyl (C=O) groups is 1. The number of amides is 1. The highest BCUT2D eigenvalue weighted by atomic mass is 19.1. The zero-order chi connectivity index (χ0) is 16.4. The molecule has 3 rings (SSSR count). The molecule has 1 amide bonds. The zero-order valence-electron chi connectivity index (χ0n) is 12.7. The number of nitrogens with two attached hydrogens (primary N) is 1.